The van der Waals surface area contributed by atoms with E-state index in [9.17, 15) is 0 Å². The van der Waals surface area contributed by atoms with Crippen LogP contribution in [0, 0.1) is 0 Å². The molecule has 0 saturated carbocycles. The number of nitrogens with one attached hydrogen (secondary N) is 1. The zero-order chi connectivity index (χ0) is 10.2. The van der Waals surface area contributed by atoms with Gasteiger partial charge < -0.3 is 11.1 Å². The molecule has 1 unspecified atom stereocenters. The first kappa shape index (κ1) is 11.2. The number of nitrogens with two attached hydrogens (primary N) is 1. The number of hydrogen-bond donors (Lipinski definition) is 2. The summed E-state index contributed by atoms with van der Waals surface area (Å²) in [6, 6.07) is 10.8. The highest BCUT2D eigenvalue weighted by molar-refractivity contribution is 5.14. The molecule has 0 radical (unpaired) electrons. The molecule has 0 bridgehead atoms. The average molecular weight is 192 g/mol. The molecule has 1 atom stereocenters. The maximum absolute atomic E-state index is 5.79. The molecule has 0 heterocycles. The molecule has 0 fully saturated rings. The van der Waals surface area contributed by atoms with E-state index in [1.54, 1.807) is 0 Å². The third kappa shape index (κ3) is 4.40. The number of hydrogen-bond acceptors (Lipinski definition) is 2. The smallest absolute Gasteiger partial charge is 0.0162 e. The van der Waals surface area contributed by atoms with Crippen LogP contribution in [0.25, 0.3) is 0 Å². The summed E-state index contributed by atoms with van der Waals surface area (Å²) in [5.74, 6) is 0. The predicted octanol–water partition coefficient (Wildman–Crippen LogP) is 1.56. The summed E-state index contributed by atoms with van der Waals surface area (Å²) in [5, 5.41) is 3.36. The minimum Gasteiger partial charge on any atom is -0.327 e. The summed E-state index contributed by atoms with van der Waals surface area (Å²) in [6.07, 6.45) is 2.12. The summed E-state index contributed by atoms with van der Waals surface area (Å²) in [7, 11) is 0. The Morgan fingerprint density at radius 1 is 1.29 bits per heavy atom. The second kappa shape index (κ2) is 6.57. The van der Waals surface area contributed by atoms with Crippen molar-refractivity contribution in [2.24, 2.45) is 5.73 Å². The van der Waals surface area contributed by atoms with Gasteiger partial charge in [0, 0.05) is 12.6 Å². The fourth-order valence-corrected chi connectivity index (χ4v) is 1.31. The Hall–Kier alpha value is -0.860. The highest BCUT2D eigenvalue weighted by Crippen LogP contribution is 1.97. The molecule has 0 aliphatic heterocycles. The molecular formula is C12H20N2. The highest BCUT2D eigenvalue weighted by atomic mass is 14.9. The van der Waals surface area contributed by atoms with Gasteiger partial charge in [0.25, 0.3) is 0 Å². The minimum absolute atomic E-state index is 0.297. The molecule has 78 valence electrons. The van der Waals surface area contributed by atoms with Gasteiger partial charge in [0.2, 0.25) is 0 Å². The zero-order valence-electron chi connectivity index (χ0n) is 8.87. The van der Waals surface area contributed by atoms with Crippen LogP contribution in [0.4, 0.5) is 0 Å². The molecule has 0 aliphatic rings. The van der Waals surface area contributed by atoms with Crippen LogP contribution >= 0.6 is 0 Å². The zero-order valence-corrected chi connectivity index (χ0v) is 8.87. The van der Waals surface area contributed by atoms with Gasteiger partial charge in [0.15, 0.2) is 0 Å². The molecule has 14 heavy (non-hydrogen) atoms. The van der Waals surface area contributed by atoms with Crippen molar-refractivity contribution >= 4 is 0 Å². The SMILES string of the molecule is CCC(N)CNCCc1ccccc1. The van der Waals surface area contributed by atoms with E-state index in [1.165, 1.54) is 5.56 Å². The van der Waals surface area contributed by atoms with Crippen molar-refractivity contribution in [3.05, 3.63) is 35.9 Å². The van der Waals surface area contributed by atoms with Gasteiger partial charge in [-0.25, -0.2) is 0 Å². The third-order valence-electron chi connectivity index (χ3n) is 2.36. The lowest BCUT2D eigenvalue weighted by atomic mass is 10.1. The Morgan fingerprint density at radius 3 is 2.64 bits per heavy atom. The molecule has 1 aromatic carbocycles. The van der Waals surface area contributed by atoms with Crippen molar-refractivity contribution in [2.75, 3.05) is 13.1 Å². The van der Waals surface area contributed by atoms with Crippen LogP contribution in [-0.4, -0.2) is 19.1 Å². The molecule has 3 N–H and O–H groups in total. The first-order chi connectivity index (χ1) is 6.83. The second-order valence-electron chi connectivity index (χ2n) is 3.61. The largest absolute Gasteiger partial charge is 0.327 e. The van der Waals surface area contributed by atoms with E-state index in [-0.39, 0.29) is 0 Å². The van der Waals surface area contributed by atoms with Crippen molar-refractivity contribution in [1.29, 1.82) is 0 Å². The third-order valence-corrected chi connectivity index (χ3v) is 2.36. The van der Waals surface area contributed by atoms with E-state index in [2.05, 4.69) is 36.5 Å². The molecule has 1 rings (SSSR count). The molecular weight excluding hydrogens is 172 g/mol. The van der Waals surface area contributed by atoms with Crippen molar-refractivity contribution in [1.82, 2.24) is 5.32 Å². The highest BCUT2D eigenvalue weighted by Gasteiger charge is 1.97. The van der Waals surface area contributed by atoms with Crippen molar-refractivity contribution in [2.45, 2.75) is 25.8 Å². The Labute approximate surface area is 86.5 Å². The summed E-state index contributed by atoms with van der Waals surface area (Å²) < 4.78 is 0. The van der Waals surface area contributed by atoms with E-state index < -0.39 is 0 Å². The van der Waals surface area contributed by atoms with Gasteiger partial charge in [-0.1, -0.05) is 37.3 Å². The van der Waals surface area contributed by atoms with Crippen molar-refractivity contribution in [3.8, 4) is 0 Å². The summed E-state index contributed by atoms with van der Waals surface area (Å²) in [4.78, 5) is 0. The molecule has 0 amide bonds. The monoisotopic (exact) mass is 192 g/mol. The molecule has 0 spiro atoms. The predicted molar refractivity (Wildman–Crippen MR) is 61.3 cm³/mol. The number of rotatable bonds is 6. The fourth-order valence-electron chi connectivity index (χ4n) is 1.31. The Bertz CT molecular complexity index is 233. The van der Waals surface area contributed by atoms with Gasteiger partial charge in [-0.05, 0) is 24.9 Å². The molecule has 0 aliphatic carbocycles. The lowest BCUT2D eigenvalue weighted by Crippen LogP contribution is -2.34. The van der Waals surface area contributed by atoms with Crippen molar-refractivity contribution < 1.29 is 0 Å². The van der Waals surface area contributed by atoms with E-state index in [0.717, 1.165) is 25.9 Å². The second-order valence-corrected chi connectivity index (χ2v) is 3.61. The minimum atomic E-state index is 0.297. The van der Waals surface area contributed by atoms with Gasteiger partial charge in [0.05, 0.1) is 0 Å². The van der Waals surface area contributed by atoms with Crippen LogP contribution in [0.5, 0.6) is 0 Å². The van der Waals surface area contributed by atoms with Gasteiger partial charge in [-0.3, -0.25) is 0 Å². The van der Waals surface area contributed by atoms with Gasteiger partial charge in [0.1, 0.15) is 0 Å². The summed E-state index contributed by atoms with van der Waals surface area (Å²) in [5.41, 5.74) is 7.17. The van der Waals surface area contributed by atoms with Crippen LogP contribution < -0.4 is 11.1 Å². The normalized spacial score (nSPS) is 12.7. The van der Waals surface area contributed by atoms with E-state index in [4.69, 9.17) is 5.73 Å². The van der Waals surface area contributed by atoms with E-state index in [1.807, 2.05) is 6.07 Å². The quantitative estimate of drug-likeness (QED) is 0.671. The average Bonchev–Trinajstić information content (AvgIpc) is 2.25. The van der Waals surface area contributed by atoms with Crippen LogP contribution in [0.1, 0.15) is 18.9 Å². The van der Waals surface area contributed by atoms with Gasteiger partial charge >= 0.3 is 0 Å². The van der Waals surface area contributed by atoms with Crippen molar-refractivity contribution in [3.63, 3.8) is 0 Å². The molecule has 0 saturated heterocycles. The van der Waals surface area contributed by atoms with Crippen LogP contribution in [0.15, 0.2) is 30.3 Å². The molecule has 1 aromatic rings. The summed E-state index contributed by atoms with van der Waals surface area (Å²) >= 11 is 0. The molecule has 2 heteroatoms. The van der Waals surface area contributed by atoms with E-state index >= 15 is 0 Å². The Morgan fingerprint density at radius 2 is 2.00 bits per heavy atom. The van der Waals surface area contributed by atoms with Crippen LogP contribution in [0.2, 0.25) is 0 Å². The van der Waals surface area contributed by atoms with Crippen LogP contribution in [0.3, 0.4) is 0 Å². The molecule has 2 nitrogen and oxygen atoms in total. The fraction of sp³-hybridized carbons (Fsp3) is 0.500. The Balaban J connectivity index is 2.10. The lowest BCUT2D eigenvalue weighted by Gasteiger charge is -2.09. The van der Waals surface area contributed by atoms with Gasteiger partial charge in [-0.2, -0.15) is 0 Å². The molecule has 0 aromatic heterocycles. The number of benzene rings is 1. The summed E-state index contributed by atoms with van der Waals surface area (Å²) in [6.45, 7) is 4.05. The maximum Gasteiger partial charge on any atom is 0.0162 e. The standard InChI is InChI=1S/C12H20N2/c1-2-12(13)10-14-9-8-11-6-4-3-5-7-11/h3-7,12,14H,2,8-10,13H2,1H3. The first-order valence-electron chi connectivity index (χ1n) is 5.33. The first-order valence-corrected chi connectivity index (χ1v) is 5.33. The van der Waals surface area contributed by atoms with E-state index in [0.29, 0.717) is 6.04 Å². The lowest BCUT2D eigenvalue weighted by molar-refractivity contribution is 0.565. The maximum atomic E-state index is 5.79. The topological polar surface area (TPSA) is 38.0 Å². The van der Waals surface area contributed by atoms with Gasteiger partial charge in [-0.15, -0.1) is 0 Å². The van der Waals surface area contributed by atoms with Crippen LogP contribution in [-0.2, 0) is 6.42 Å². The Kier molecular flexibility index (Phi) is 5.27.